The van der Waals surface area contributed by atoms with Crippen molar-refractivity contribution in [2.75, 3.05) is 13.7 Å². The van der Waals surface area contributed by atoms with Crippen LogP contribution in [0.15, 0.2) is 24.3 Å². The Labute approximate surface area is 99.0 Å². The van der Waals surface area contributed by atoms with Gasteiger partial charge in [0.2, 0.25) is 0 Å². The van der Waals surface area contributed by atoms with Gasteiger partial charge in [-0.25, -0.2) is 0 Å². The number of hydrogen-bond acceptors (Lipinski definition) is 4. The number of benzene rings is 1. The van der Waals surface area contributed by atoms with Crippen molar-refractivity contribution in [2.24, 2.45) is 0 Å². The van der Waals surface area contributed by atoms with Crippen LogP contribution in [-0.2, 0) is 10.4 Å². The molecule has 2 rings (SSSR count). The Morgan fingerprint density at radius 1 is 1.53 bits per heavy atom. The van der Waals surface area contributed by atoms with Gasteiger partial charge >= 0.3 is 5.97 Å². The lowest BCUT2D eigenvalue weighted by Gasteiger charge is -2.24. The Kier molecular flexibility index (Phi) is 3.04. The normalized spacial score (nSPS) is 28.0. The summed E-state index contributed by atoms with van der Waals surface area (Å²) in [6, 6.07) is 6.39. The molecule has 0 amide bonds. The number of methoxy groups -OCH3 is 1. The molecule has 0 saturated carbocycles. The average molecular weight is 237 g/mol. The highest BCUT2D eigenvalue weighted by molar-refractivity contribution is 5.74. The number of carboxylic acids is 1. The van der Waals surface area contributed by atoms with Crippen molar-refractivity contribution in [3.05, 3.63) is 29.8 Å². The lowest BCUT2D eigenvalue weighted by molar-refractivity contribution is -0.139. The summed E-state index contributed by atoms with van der Waals surface area (Å²) in [4.78, 5) is 10.9. The van der Waals surface area contributed by atoms with Gasteiger partial charge in [0.15, 0.2) is 0 Å². The van der Waals surface area contributed by atoms with Gasteiger partial charge in [-0.15, -0.1) is 0 Å². The molecule has 2 atom stereocenters. The van der Waals surface area contributed by atoms with E-state index in [1.165, 1.54) is 7.11 Å². The average Bonchev–Trinajstić information content (AvgIpc) is 2.73. The third-order valence-electron chi connectivity index (χ3n) is 3.09. The van der Waals surface area contributed by atoms with E-state index < -0.39 is 17.6 Å². The highest BCUT2D eigenvalue weighted by atomic mass is 16.5. The fraction of sp³-hybridized carbons (Fsp3) is 0.417. The van der Waals surface area contributed by atoms with Gasteiger partial charge in [0.25, 0.3) is 0 Å². The molecular formula is C12H15NO4. The maximum absolute atomic E-state index is 10.9. The fourth-order valence-corrected chi connectivity index (χ4v) is 2.18. The van der Waals surface area contributed by atoms with Crippen molar-refractivity contribution >= 4 is 5.97 Å². The zero-order valence-electron chi connectivity index (χ0n) is 9.51. The SMILES string of the molecule is COc1ccccc1C1(O)CN[C@H](C(=O)O)C1. The standard InChI is InChI=1S/C12H15NO4/c1-17-10-5-3-2-4-8(10)12(16)6-9(11(14)15)13-7-12/h2-5,9,13,16H,6-7H2,1H3,(H,14,15)/t9-,12?/m0/s1. The summed E-state index contributed by atoms with van der Waals surface area (Å²) < 4.78 is 5.18. The molecule has 0 radical (unpaired) electrons. The van der Waals surface area contributed by atoms with Crippen molar-refractivity contribution < 1.29 is 19.7 Å². The van der Waals surface area contributed by atoms with Gasteiger partial charge in [-0.05, 0) is 6.07 Å². The number of rotatable bonds is 3. The summed E-state index contributed by atoms with van der Waals surface area (Å²) in [7, 11) is 1.53. The van der Waals surface area contributed by atoms with Gasteiger partial charge in [0, 0.05) is 18.5 Å². The van der Waals surface area contributed by atoms with Crippen molar-refractivity contribution in [3.63, 3.8) is 0 Å². The lowest BCUT2D eigenvalue weighted by Crippen LogP contribution is -2.30. The summed E-state index contributed by atoms with van der Waals surface area (Å²) in [5, 5.41) is 22.2. The van der Waals surface area contributed by atoms with Crippen molar-refractivity contribution in [1.29, 1.82) is 0 Å². The number of aliphatic hydroxyl groups is 1. The predicted octanol–water partition coefficient (Wildman–Crippen LogP) is 0.329. The third-order valence-corrected chi connectivity index (χ3v) is 3.09. The predicted molar refractivity (Wildman–Crippen MR) is 60.9 cm³/mol. The molecule has 0 bridgehead atoms. The third kappa shape index (κ3) is 2.11. The summed E-state index contributed by atoms with van der Waals surface area (Å²) in [5.41, 5.74) is -0.561. The molecule has 1 saturated heterocycles. The van der Waals surface area contributed by atoms with Gasteiger partial charge in [-0.2, -0.15) is 0 Å². The van der Waals surface area contributed by atoms with E-state index in [1.54, 1.807) is 18.2 Å². The van der Waals surface area contributed by atoms with Crippen LogP contribution in [0.4, 0.5) is 0 Å². The molecule has 1 aromatic rings. The molecule has 0 aromatic heterocycles. The largest absolute Gasteiger partial charge is 0.496 e. The molecule has 17 heavy (non-hydrogen) atoms. The van der Waals surface area contributed by atoms with Crippen LogP contribution in [0.2, 0.25) is 0 Å². The molecule has 1 aromatic carbocycles. The van der Waals surface area contributed by atoms with Gasteiger partial charge in [0.1, 0.15) is 17.4 Å². The molecule has 1 fully saturated rings. The Balaban J connectivity index is 2.30. The minimum atomic E-state index is -1.18. The molecule has 5 nitrogen and oxygen atoms in total. The van der Waals surface area contributed by atoms with Crippen LogP contribution in [0.5, 0.6) is 5.75 Å². The zero-order valence-corrected chi connectivity index (χ0v) is 9.51. The van der Waals surface area contributed by atoms with Gasteiger partial charge in [-0.3, -0.25) is 4.79 Å². The van der Waals surface area contributed by atoms with E-state index in [-0.39, 0.29) is 13.0 Å². The zero-order chi connectivity index (χ0) is 12.5. The van der Waals surface area contributed by atoms with Crippen LogP contribution in [0.25, 0.3) is 0 Å². The Bertz CT molecular complexity index is 434. The number of hydrogen-bond donors (Lipinski definition) is 3. The Morgan fingerprint density at radius 3 is 2.82 bits per heavy atom. The highest BCUT2D eigenvalue weighted by Gasteiger charge is 2.43. The van der Waals surface area contributed by atoms with Crippen LogP contribution >= 0.6 is 0 Å². The number of carboxylic acid groups (broad SMARTS) is 1. The van der Waals surface area contributed by atoms with Crippen molar-refractivity contribution in [1.82, 2.24) is 5.32 Å². The smallest absolute Gasteiger partial charge is 0.320 e. The maximum atomic E-state index is 10.9. The van der Waals surface area contributed by atoms with Crippen LogP contribution in [0.1, 0.15) is 12.0 Å². The van der Waals surface area contributed by atoms with Gasteiger partial charge in [-0.1, -0.05) is 18.2 Å². The van der Waals surface area contributed by atoms with Gasteiger partial charge in [0.05, 0.1) is 7.11 Å². The topological polar surface area (TPSA) is 78.8 Å². The molecule has 5 heteroatoms. The first-order chi connectivity index (χ1) is 8.07. The number of carbonyl (C=O) groups is 1. The first-order valence-electron chi connectivity index (χ1n) is 5.39. The van der Waals surface area contributed by atoms with E-state index >= 15 is 0 Å². The maximum Gasteiger partial charge on any atom is 0.320 e. The van der Waals surface area contributed by atoms with Crippen LogP contribution in [0, 0.1) is 0 Å². The fourth-order valence-electron chi connectivity index (χ4n) is 2.18. The van der Waals surface area contributed by atoms with E-state index in [9.17, 15) is 9.90 Å². The molecule has 0 spiro atoms. The van der Waals surface area contributed by atoms with Crippen LogP contribution < -0.4 is 10.1 Å². The molecule has 1 aliphatic heterocycles. The summed E-state index contributed by atoms with van der Waals surface area (Å²) >= 11 is 0. The van der Waals surface area contributed by atoms with Crippen LogP contribution in [0.3, 0.4) is 0 Å². The number of ether oxygens (including phenoxy) is 1. The second kappa shape index (κ2) is 4.35. The molecule has 1 aliphatic rings. The molecule has 3 N–H and O–H groups in total. The van der Waals surface area contributed by atoms with E-state index in [0.29, 0.717) is 11.3 Å². The molecule has 92 valence electrons. The molecule has 0 aliphatic carbocycles. The molecule has 1 unspecified atom stereocenters. The summed E-state index contributed by atoms with van der Waals surface area (Å²) in [6.45, 7) is 0.213. The first-order valence-corrected chi connectivity index (χ1v) is 5.39. The second-order valence-electron chi connectivity index (χ2n) is 4.21. The Hall–Kier alpha value is -1.59. The monoisotopic (exact) mass is 237 g/mol. The number of nitrogens with one attached hydrogen (secondary N) is 1. The van der Waals surface area contributed by atoms with Crippen molar-refractivity contribution in [2.45, 2.75) is 18.1 Å². The number of para-hydroxylation sites is 1. The van der Waals surface area contributed by atoms with E-state index in [1.807, 2.05) is 6.07 Å². The minimum absolute atomic E-state index is 0.142. The van der Waals surface area contributed by atoms with Crippen LogP contribution in [-0.4, -0.2) is 35.9 Å². The van der Waals surface area contributed by atoms with E-state index in [2.05, 4.69) is 5.32 Å². The number of aliphatic carboxylic acids is 1. The minimum Gasteiger partial charge on any atom is -0.496 e. The Morgan fingerprint density at radius 2 is 2.24 bits per heavy atom. The highest BCUT2D eigenvalue weighted by Crippen LogP contribution is 2.36. The second-order valence-corrected chi connectivity index (χ2v) is 4.21. The first kappa shape index (κ1) is 11.9. The lowest BCUT2D eigenvalue weighted by atomic mass is 9.90. The summed E-state index contributed by atoms with van der Waals surface area (Å²) in [5.74, 6) is -0.376. The molecule has 1 heterocycles. The van der Waals surface area contributed by atoms with Gasteiger partial charge < -0.3 is 20.3 Å². The summed E-state index contributed by atoms with van der Waals surface area (Å²) in [6.07, 6.45) is 0.142. The van der Waals surface area contributed by atoms with Crippen molar-refractivity contribution in [3.8, 4) is 5.75 Å². The van der Waals surface area contributed by atoms with E-state index in [0.717, 1.165) is 0 Å². The quantitative estimate of drug-likeness (QED) is 0.706. The van der Waals surface area contributed by atoms with E-state index in [4.69, 9.17) is 9.84 Å². The number of β-amino-alcohol motifs (C(OH)–C–C–N with tert-alkyl or cyclic N) is 1. The molecular weight excluding hydrogens is 222 g/mol.